The molecule has 0 atom stereocenters. The van der Waals surface area contributed by atoms with E-state index in [1.807, 2.05) is 6.20 Å². The maximum absolute atomic E-state index is 11.6. The van der Waals surface area contributed by atoms with Gasteiger partial charge in [-0.05, 0) is 26.2 Å². The second kappa shape index (κ2) is 9.58. The number of hydrogen-bond acceptors (Lipinski definition) is 2. The molecule has 0 spiro atoms. The molecular formula is C18H32N4O. The highest BCUT2D eigenvalue weighted by Gasteiger charge is 2.18. The molecule has 0 aromatic carbocycles. The molecule has 0 saturated heterocycles. The zero-order chi connectivity index (χ0) is 16.5. The number of hydrogen-bond donors (Lipinski definition) is 2. The van der Waals surface area contributed by atoms with Gasteiger partial charge in [0, 0.05) is 37.4 Å². The lowest BCUT2D eigenvalue weighted by molar-refractivity contribution is 0.241. The Morgan fingerprint density at radius 1 is 1.17 bits per heavy atom. The Hall–Kier alpha value is -1.52. The van der Waals surface area contributed by atoms with Crippen molar-refractivity contribution in [2.24, 2.45) is 0 Å². The molecule has 0 unspecified atom stereocenters. The van der Waals surface area contributed by atoms with Gasteiger partial charge >= 0.3 is 6.03 Å². The normalized spacial score (nSPS) is 16.6. The first-order chi connectivity index (χ1) is 11.2. The molecule has 130 valence electrons. The standard InChI is InChI=1S/C18H32N4O/c1-3-12-19-18(23)20-13-11-17-21-14-15(2)22(17)16-9-7-5-4-6-8-10-16/h14,16H,3-13H2,1-2H3,(H2,19,20,23). The van der Waals surface area contributed by atoms with Crippen LogP contribution in [0, 0.1) is 6.92 Å². The summed E-state index contributed by atoms with van der Waals surface area (Å²) in [4.78, 5) is 16.2. The number of rotatable bonds is 6. The maximum Gasteiger partial charge on any atom is 0.314 e. The summed E-state index contributed by atoms with van der Waals surface area (Å²) >= 11 is 0. The van der Waals surface area contributed by atoms with Gasteiger partial charge in [0.25, 0.3) is 0 Å². The molecule has 1 heterocycles. The van der Waals surface area contributed by atoms with Gasteiger partial charge in [-0.15, -0.1) is 0 Å². The van der Waals surface area contributed by atoms with Gasteiger partial charge in [0.05, 0.1) is 0 Å². The third kappa shape index (κ3) is 5.56. The maximum atomic E-state index is 11.6. The summed E-state index contributed by atoms with van der Waals surface area (Å²) in [5, 5.41) is 5.76. The molecule has 1 fully saturated rings. The molecule has 0 radical (unpaired) electrons. The van der Waals surface area contributed by atoms with Gasteiger partial charge < -0.3 is 15.2 Å². The van der Waals surface area contributed by atoms with Crippen LogP contribution < -0.4 is 10.6 Å². The fourth-order valence-corrected chi connectivity index (χ4v) is 3.46. The number of carbonyl (C=O) groups excluding carboxylic acids is 1. The first-order valence-electron chi connectivity index (χ1n) is 9.26. The van der Waals surface area contributed by atoms with E-state index in [4.69, 9.17) is 0 Å². The van der Waals surface area contributed by atoms with E-state index < -0.39 is 0 Å². The molecule has 1 aromatic rings. The number of aromatic nitrogens is 2. The van der Waals surface area contributed by atoms with Crippen LogP contribution in [0.5, 0.6) is 0 Å². The van der Waals surface area contributed by atoms with Crippen LogP contribution in [-0.4, -0.2) is 28.7 Å². The highest BCUT2D eigenvalue weighted by atomic mass is 16.2. The van der Waals surface area contributed by atoms with Gasteiger partial charge in [-0.25, -0.2) is 9.78 Å². The summed E-state index contributed by atoms with van der Waals surface area (Å²) in [5.74, 6) is 1.11. The van der Waals surface area contributed by atoms with Crippen LogP contribution in [0.3, 0.4) is 0 Å². The Labute approximate surface area is 140 Å². The minimum atomic E-state index is -0.0763. The van der Waals surface area contributed by atoms with Gasteiger partial charge in [0.1, 0.15) is 5.82 Å². The number of amides is 2. The summed E-state index contributed by atoms with van der Waals surface area (Å²) < 4.78 is 2.43. The number of aryl methyl sites for hydroxylation is 1. The largest absolute Gasteiger partial charge is 0.338 e. The second-order valence-electron chi connectivity index (χ2n) is 6.62. The Morgan fingerprint density at radius 2 is 1.83 bits per heavy atom. The van der Waals surface area contributed by atoms with E-state index in [2.05, 4.69) is 34.0 Å². The lowest BCUT2D eigenvalue weighted by atomic mass is 9.96. The fraction of sp³-hybridized carbons (Fsp3) is 0.778. The molecule has 23 heavy (non-hydrogen) atoms. The van der Waals surface area contributed by atoms with Crippen molar-refractivity contribution in [1.29, 1.82) is 0 Å². The number of imidazole rings is 1. The third-order valence-corrected chi connectivity index (χ3v) is 4.67. The van der Waals surface area contributed by atoms with Crippen LogP contribution in [-0.2, 0) is 6.42 Å². The molecule has 0 bridgehead atoms. The molecule has 2 N–H and O–H groups in total. The zero-order valence-corrected chi connectivity index (χ0v) is 14.7. The summed E-state index contributed by atoms with van der Waals surface area (Å²) in [6, 6.07) is 0.509. The molecule has 5 nitrogen and oxygen atoms in total. The molecule has 0 aliphatic heterocycles. The highest BCUT2D eigenvalue weighted by Crippen LogP contribution is 2.28. The van der Waals surface area contributed by atoms with Crippen molar-refractivity contribution in [3.05, 3.63) is 17.7 Å². The van der Waals surface area contributed by atoms with Crippen molar-refractivity contribution in [3.63, 3.8) is 0 Å². The van der Waals surface area contributed by atoms with Crippen molar-refractivity contribution < 1.29 is 4.79 Å². The van der Waals surface area contributed by atoms with E-state index in [9.17, 15) is 4.79 Å². The molecule has 1 aliphatic rings. The number of carbonyl (C=O) groups is 1. The Balaban J connectivity index is 1.90. The molecule has 2 amide bonds. The minimum absolute atomic E-state index is 0.0763. The predicted octanol–water partition coefficient (Wildman–Crippen LogP) is 3.73. The van der Waals surface area contributed by atoms with E-state index in [0.717, 1.165) is 25.2 Å². The van der Waals surface area contributed by atoms with E-state index in [-0.39, 0.29) is 6.03 Å². The van der Waals surface area contributed by atoms with Gasteiger partial charge in [-0.2, -0.15) is 0 Å². The van der Waals surface area contributed by atoms with E-state index in [0.29, 0.717) is 12.6 Å². The Kier molecular flexibility index (Phi) is 7.43. The third-order valence-electron chi connectivity index (χ3n) is 4.67. The van der Waals surface area contributed by atoms with Gasteiger partial charge in [0.15, 0.2) is 0 Å². The Bertz CT molecular complexity index is 475. The molecule has 2 rings (SSSR count). The average molecular weight is 320 g/mol. The second-order valence-corrected chi connectivity index (χ2v) is 6.62. The van der Waals surface area contributed by atoms with Gasteiger partial charge in [0.2, 0.25) is 0 Å². The zero-order valence-electron chi connectivity index (χ0n) is 14.7. The lowest BCUT2D eigenvalue weighted by Gasteiger charge is -2.24. The quantitative estimate of drug-likeness (QED) is 0.839. The first-order valence-corrected chi connectivity index (χ1v) is 9.26. The van der Waals surface area contributed by atoms with Crippen LogP contribution in [0.25, 0.3) is 0 Å². The molecule has 5 heteroatoms. The van der Waals surface area contributed by atoms with Crippen molar-refractivity contribution in [2.75, 3.05) is 13.1 Å². The molecule has 1 aliphatic carbocycles. The van der Waals surface area contributed by atoms with Crippen LogP contribution >= 0.6 is 0 Å². The Morgan fingerprint density at radius 3 is 2.52 bits per heavy atom. The topological polar surface area (TPSA) is 59.0 Å². The molecule has 1 aromatic heterocycles. The summed E-state index contributed by atoms with van der Waals surface area (Å²) in [6.45, 7) is 5.56. The smallest absolute Gasteiger partial charge is 0.314 e. The number of urea groups is 1. The number of nitrogens with one attached hydrogen (secondary N) is 2. The van der Waals surface area contributed by atoms with Crippen LogP contribution in [0.15, 0.2) is 6.20 Å². The van der Waals surface area contributed by atoms with Crippen molar-refractivity contribution in [1.82, 2.24) is 20.2 Å². The van der Waals surface area contributed by atoms with Crippen LogP contribution in [0.2, 0.25) is 0 Å². The molecular weight excluding hydrogens is 288 g/mol. The lowest BCUT2D eigenvalue weighted by Crippen LogP contribution is -2.37. The van der Waals surface area contributed by atoms with Crippen molar-refractivity contribution in [3.8, 4) is 0 Å². The van der Waals surface area contributed by atoms with E-state index in [1.54, 1.807) is 0 Å². The molecule has 1 saturated carbocycles. The highest BCUT2D eigenvalue weighted by molar-refractivity contribution is 5.73. The summed E-state index contributed by atoms with van der Waals surface area (Å²) in [7, 11) is 0. The minimum Gasteiger partial charge on any atom is -0.338 e. The van der Waals surface area contributed by atoms with E-state index >= 15 is 0 Å². The SMILES string of the molecule is CCCNC(=O)NCCc1ncc(C)n1C1CCCCCCC1. The fourth-order valence-electron chi connectivity index (χ4n) is 3.46. The van der Waals surface area contributed by atoms with E-state index in [1.165, 1.54) is 50.6 Å². The first kappa shape index (κ1) is 17.8. The number of nitrogens with zero attached hydrogens (tertiary/aromatic N) is 2. The van der Waals surface area contributed by atoms with Crippen molar-refractivity contribution in [2.45, 2.75) is 77.7 Å². The predicted molar refractivity (Wildman–Crippen MR) is 93.7 cm³/mol. The van der Waals surface area contributed by atoms with Crippen LogP contribution in [0.4, 0.5) is 4.79 Å². The van der Waals surface area contributed by atoms with Gasteiger partial charge in [-0.3, -0.25) is 0 Å². The van der Waals surface area contributed by atoms with Gasteiger partial charge in [-0.1, -0.05) is 39.0 Å². The monoisotopic (exact) mass is 320 g/mol. The average Bonchev–Trinajstić information content (AvgIpc) is 2.86. The van der Waals surface area contributed by atoms with Crippen LogP contribution in [0.1, 0.15) is 75.9 Å². The summed E-state index contributed by atoms with van der Waals surface area (Å²) in [6.07, 6.45) is 13.0. The van der Waals surface area contributed by atoms with Crippen molar-refractivity contribution >= 4 is 6.03 Å². The summed E-state index contributed by atoms with van der Waals surface area (Å²) in [5.41, 5.74) is 1.25.